The first-order valence-corrected chi connectivity index (χ1v) is 35.8. The molecule has 0 saturated carbocycles. The van der Waals surface area contributed by atoms with Crippen molar-refractivity contribution in [2.75, 3.05) is 0 Å². The molecule has 6 aromatic heterocycles. The lowest BCUT2D eigenvalue weighted by atomic mass is 9.91. The Hall–Kier alpha value is -11.8. The van der Waals surface area contributed by atoms with E-state index in [0.717, 1.165) is 45.0 Å². The van der Waals surface area contributed by atoms with Crippen LogP contribution in [0.2, 0.25) is 5.02 Å². The highest BCUT2D eigenvalue weighted by molar-refractivity contribution is 7.26. The molecule has 0 saturated heterocycles. The van der Waals surface area contributed by atoms with Crippen LogP contribution in [0.3, 0.4) is 0 Å². The highest BCUT2D eigenvalue weighted by Crippen LogP contribution is 2.49. The van der Waals surface area contributed by atoms with Gasteiger partial charge in [0.05, 0.1) is 44.1 Å². The van der Waals surface area contributed by atoms with Crippen molar-refractivity contribution >= 4 is 162 Å². The molecule has 0 atom stereocenters. The Morgan fingerprint density at radius 2 is 0.505 bits per heavy atom. The first-order chi connectivity index (χ1) is 48.8. The second-order valence-electron chi connectivity index (χ2n) is 26.6. The maximum atomic E-state index is 7.29. The van der Waals surface area contributed by atoms with Gasteiger partial charge in [-0.25, -0.2) is 0 Å². The number of hydrogen-bond acceptors (Lipinski definition) is 2. The van der Waals surface area contributed by atoms with Gasteiger partial charge in [-0.05, 0) is 186 Å². The number of aromatic nitrogens is 4. The molecule has 0 unspecified atom stereocenters. The molecule has 0 aliphatic carbocycles. The van der Waals surface area contributed by atoms with Crippen molar-refractivity contribution in [2.45, 2.75) is 13.8 Å². The fourth-order valence-electron chi connectivity index (χ4n) is 16.7. The molecule has 21 rings (SSSR count). The van der Waals surface area contributed by atoms with E-state index in [2.05, 4.69) is 342 Å². The molecule has 0 amide bonds. The third kappa shape index (κ3) is 8.50. The standard InChI is InChI=1S/C92H57ClN4S2/c1-54-43-56(35-39-65(54)77-50-63(96-85-31-15-7-23-71(85)72-24-8-16-32-86(72)96)52-79-75-48-61(37-41-89(75)98-91(77)79)94-81-27-11-3-19-67(81)68-20-4-12-28-82(68)94)58-45-59(47-60(93)46-58)57-36-40-66(55(2)44-57)78-51-64(97-87-33-17-9-25-73(87)74-26-10-18-34-88(74)97)53-80-76-49-62(38-42-90(76)99-92(78)80)95-83-29-13-5-21-69(83)70-22-6-14-30-84(70)95/h3-53H,1-2H3. The summed E-state index contributed by atoms with van der Waals surface area (Å²) in [5, 5.41) is 15.7. The van der Waals surface area contributed by atoms with Crippen LogP contribution in [0.1, 0.15) is 11.1 Å². The molecule has 0 spiro atoms. The van der Waals surface area contributed by atoms with Gasteiger partial charge in [-0.1, -0.05) is 194 Å². The number of thiophene rings is 2. The number of benzene rings is 15. The second-order valence-corrected chi connectivity index (χ2v) is 29.1. The molecule has 0 aliphatic rings. The van der Waals surface area contributed by atoms with Crippen LogP contribution in [0.25, 0.3) is 195 Å². The Bertz CT molecular complexity index is 6410. The van der Waals surface area contributed by atoms with Gasteiger partial charge in [0, 0.05) is 122 Å². The quantitative estimate of drug-likeness (QED) is 0.144. The minimum atomic E-state index is 0.697. The number of rotatable bonds is 8. The van der Waals surface area contributed by atoms with Crippen LogP contribution in [0.15, 0.2) is 309 Å². The zero-order chi connectivity index (χ0) is 65.3. The Morgan fingerprint density at radius 3 is 0.808 bits per heavy atom. The highest BCUT2D eigenvalue weighted by atomic mass is 35.5. The zero-order valence-electron chi connectivity index (χ0n) is 53.9. The summed E-state index contributed by atoms with van der Waals surface area (Å²) >= 11 is 11.1. The summed E-state index contributed by atoms with van der Waals surface area (Å²) in [6.07, 6.45) is 0. The van der Waals surface area contributed by atoms with Gasteiger partial charge in [0.15, 0.2) is 0 Å². The summed E-state index contributed by atoms with van der Waals surface area (Å²) in [6, 6.07) is 115. The Labute approximate surface area is 582 Å². The van der Waals surface area contributed by atoms with E-state index in [-0.39, 0.29) is 0 Å². The number of aryl methyl sites for hydroxylation is 2. The molecular weight excluding hydrogens is 1260 g/mol. The van der Waals surface area contributed by atoms with Crippen LogP contribution in [-0.4, -0.2) is 18.3 Å². The molecule has 15 aromatic carbocycles. The van der Waals surface area contributed by atoms with Crippen LogP contribution in [0.4, 0.5) is 0 Å². The fraction of sp³-hybridized carbons (Fsp3) is 0.0217. The Morgan fingerprint density at radius 1 is 0.222 bits per heavy atom. The summed E-state index contributed by atoms with van der Waals surface area (Å²) < 4.78 is 14.9. The number of halogens is 1. The number of para-hydroxylation sites is 8. The monoisotopic (exact) mass is 1320 g/mol. The van der Waals surface area contributed by atoms with E-state index < -0.39 is 0 Å². The minimum absolute atomic E-state index is 0.697. The Balaban J connectivity index is 0.692. The predicted molar refractivity (Wildman–Crippen MR) is 426 cm³/mol. The molecule has 0 fully saturated rings. The first kappa shape index (κ1) is 56.4. The van der Waals surface area contributed by atoms with Gasteiger partial charge in [0.2, 0.25) is 0 Å². The van der Waals surface area contributed by atoms with Gasteiger partial charge in [0.25, 0.3) is 0 Å². The van der Waals surface area contributed by atoms with Crippen molar-refractivity contribution in [2.24, 2.45) is 0 Å². The van der Waals surface area contributed by atoms with E-state index in [9.17, 15) is 0 Å². The topological polar surface area (TPSA) is 19.7 Å². The largest absolute Gasteiger partial charge is 0.309 e. The normalized spacial score (nSPS) is 12.2. The molecule has 7 heteroatoms. The van der Waals surface area contributed by atoms with E-state index >= 15 is 0 Å². The van der Waals surface area contributed by atoms with E-state index in [1.165, 1.54) is 161 Å². The lowest BCUT2D eigenvalue weighted by Gasteiger charge is -2.16. The van der Waals surface area contributed by atoms with Gasteiger partial charge in [-0.3, -0.25) is 0 Å². The summed E-state index contributed by atoms with van der Waals surface area (Å²) in [5.74, 6) is 0. The van der Waals surface area contributed by atoms with E-state index in [0.29, 0.717) is 5.02 Å². The molecular formula is C92H57ClN4S2. The minimum Gasteiger partial charge on any atom is -0.309 e. The molecule has 6 heterocycles. The lowest BCUT2D eigenvalue weighted by molar-refractivity contribution is 1.18. The van der Waals surface area contributed by atoms with Crippen molar-refractivity contribution in [1.82, 2.24) is 18.3 Å². The third-order valence-electron chi connectivity index (χ3n) is 21.0. The number of fused-ring (bicyclic) bond motifs is 18. The molecule has 99 heavy (non-hydrogen) atoms. The van der Waals surface area contributed by atoms with Crippen molar-refractivity contribution in [1.29, 1.82) is 0 Å². The Kier molecular flexibility index (Phi) is 12.3. The van der Waals surface area contributed by atoms with Crippen LogP contribution in [0.5, 0.6) is 0 Å². The lowest BCUT2D eigenvalue weighted by Crippen LogP contribution is -1.96. The highest BCUT2D eigenvalue weighted by Gasteiger charge is 2.24. The average Bonchev–Trinajstić information content (AvgIpc) is 1.61. The molecule has 0 N–H and O–H groups in total. The van der Waals surface area contributed by atoms with Gasteiger partial charge in [-0.2, -0.15) is 0 Å². The van der Waals surface area contributed by atoms with Gasteiger partial charge < -0.3 is 18.3 Å². The smallest absolute Gasteiger partial charge is 0.0541 e. The van der Waals surface area contributed by atoms with Gasteiger partial charge in [0.1, 0.15) is 0 Å². The average molecular weight is 1320 g/mol. The number of nitrogens with zero attached hydrogens (tertiary/aromatic N) is 4. The predicted octanol–water partition coefficient (Wildman–Crippen LogP) is 26.7. The fourth-order valence-corrected chi connectivity index (χ4v) is 19.3. The molecule has 4 nitrogen and oxygen atoms in total. The molecule has 464 valence electrons. The molecule has 0 radical (unpaired) electrons. The number of hydrogen-bond donors (Lipinski definition) is 0. The van der Waals surface area contributed by atoms with Gasteiger partial charge in [-0.15, -0.1) is 22.7 Å². The van der Waals surface area contributed by atoms with E-state index in [1.807, 2.05) is 22.7 Å². The van der Waals surface area contributed by atoms with Gasteiger partial charge >= 0.3 is 0 Å². The van der Waals surface area contributed by atoms with Crippen molar-refractivity contribution in [3.8, 4) is 67.3 Å². The summed E-state index contributed by atoms with van der Waals surface area (Å²) in [7, 11) is 0. The molecule has 0 aliphatic heterocycles. The zero-order valence-corrected chi connectivity index (χ0v) is 56.3. The van der Waals surface area contributed by atoms with Crippen molar-refractivity contribution in [3.63, 3.8) is 0 Å². The first-order valence-electron chi connectivity index (χ1n) is 33.8. The summed E-state index contributed by atoms with van der Waals surface area (Å²) in [4.78, 5) is 0. The van der Waals surface area contributed by atoms with Crippen LogP contribution in [-0.2, 0) is 0 Å². The second kappa shape index (κ2) is 21.6. The summed E-state index contributed by atoms with van der Waals surface area (Å²) in [5.41, 5.74) is 25.7. The van der Waals surface area contributed by atoms with Crippen LogP contribution < -0.4 is 0 Å². The SMILES string of the molecule is Cc1cc(-c2cc(Cl)cc(-c3ccc(-c4cc(-n5c6ccccc6c6ccccc65)cc5c4sc4ccc(-n6c7ccccc7c7ccccc76)cc45)c(C)c3)c2)ccc1-c1cc(-n2c3ccccc3c3ccccc32)cc2c1sc1ccc(-n3c4ccccc4c4ccccc43)cc12. The van der Waals surface area contributed by atoms with Crippen molar-refractivity contribution < 1.29 is 0 Å². The van der Waals surface area contributed by atoms with E-state index in [4.69, 9.17) is 11.6 Å². The molecule has 0 bridgehead atoms. The van der Waals surface area contributed by atoms with Crippen LogP contribution in [0, 0.1) is 13.8 Å². The third-order valence-corrected chi connectivity index (χ3v) is 23.7. The van der Waals surface area contributed by atoms with Crippen LogP contribution >= 0.6 is 34.3 Å². The van der Waals surface area contributed by atoms with E-state index in [1.54, 1.807) is 0 Å². The maximum absolute atomic E-state index is 7.29. The van der Waals surface area contributed by atoms with Crippen molar-refractivity contribution in [3.05, 3.63) is 326 Å². The summed E-state index contributed by atoms with van der Waals surface area (Å²) in [6.45, 7) is 4.54. The maximum Gasteiger partial charge on any atom is 0.0541 e. The molecule has 21 aromatic rings.